The van der Waals surface area contributed by atoms with Crippen LogP contribution in [0.1, 0.15) is 11.3 Å². The first-order valence-electron chi connectivity index (χ1n) is 10.6. The molecular weight excluding hydrogens is 465 g/mol. The minimum absolute atomic E-state index is 0.0396. The third-order valence-electron chi connectivity index (χ3n) is 5.62. The first-order valence-corrected chi connectivity index (χ1v) is 12.0. The maximum atomic E-state index is 14.1. The molecule has 2 aromatic heterocycles. The summed E-state index contributed by atoms with van der Waals surface area (Å²) in [6.07, 6.45) is 3.39. The molecule has 3 heterocycles. The number of hydrogen-bond acceptors (Lipinski definition) is 6. The van der Waals surface area contributed by atoms with E-state index in [0.717, 1.165) is 11.3 Å². The summed E-state index contributed by atoms with van der Waals surface area (Å²) in [4.78, 5) is 16.8. The van der Waals surface area contributed by atoms with Gasteiger partial charge in [0, 0.05) is 49.9 Å². The second-order valence-corrected chi connectivity index (χ2v) is 9.09. The number of allylic oxidation sites excluding steroid dienone is 1. The number of benzene rings is 1. The normalized spacial score (nSPS) is 14.6. The van der Waals surface area contributed by atoms with Crippen molar-refractivity contribution in [1.29, 1.82) is 0 Å². The quantitative estimate of drug-likeness (QED) is 0.348. The van der Waals surface area contributed by atoms with Crippen LogP contribution in [-0.2, 0) is 17.9 Å². The Hall–Kier alpha value is -2.62. The van der Waals surface area contributed by atoms with Gasteiger partial charge < -0.3 is 9.32 Å². The van der Waals surface area contributed by atoms with Crippen LogP contribution in [-0.4, -0.2) is 62.4 Å². The van der Waals surface area contributed by atoms with Crippen molar-refractivity contribution in [3.8, 4) is 11.4 Å². The Kier molecular flexibility index (Phi) is 7.52. The van der Waals surface area contributed by atoms with Crippen molar-refractivity contribution >= 4 is 29.3 Å². The van der Waals surface area contributed by atoms with Crippen LogP contribution in [0.3, 0.4) is 0 Å². The lowest BCUT2D eigenvalue weighted by Crippen LogP contribution is -2.48. The summed E-state index contributed by atoms with van der Waals surface area (Å²) in [6.45, 7) is 9.16. The van der Waals surface area contributed by atoms with Gasteiger partial charge in [-0.25, -0.2) is 4.39 Å². The van der Waals surface area contributed by atoms with E-state index in [4.69, 9.17) is 16.0 Å². The number of hydrogen-bond donors (Lipinski definition) is 0. The average molecular weight is 490 g/mol. The maximum absolute atomic E-state index is 14.1. The number of aryl methyl sites for hydroxylation is 1. The molecule has 174 valence electrons. The van der Waals surface area contributed by atoms with Crippen molar-refractivity contribution in [3.05, 3.63) is 65.3 Å². The van der Waals surface area contributed by atoms with Gasteiger partial charge in [-0.2, -0.15) is 0 Å². The van der Waals surface area contributed by atoms with Crippen LogP contribution in [0.5, 0.6) is 0 Å². The monoisotopic (exact) mass is 489 g/mol. The van der Waals surface area contributed by atoms with Crippen LogP contribution in [0.4, 0.5) is 4.39 Å². The smallest absolute Gasteiger partial charge is 0.233 e. The molecule has 0 atom stereocenters. The molecule has 0 aliphatic carbocycles. The number of aromatic nitrogens is 3. The Balaban J connectivity index is 1.33. The number of piperazine rings is 1. The highest BCUT2D eigenvalue weighted by atomic mass is 35.5. The molecule has 1 aliphatic rings. The van der Waals surface area contributed by atoms with Crippen molar-refractivity contribution in [3.63, 3.8) is 0 Å². The molecule has 1 aromatic carbocycles. The van der Waals surface area contributed by atoms with Gasteiger partial charge in [-0.1, -0.05) is 35.5 Å². The van der Waals surface area contributed by atoms with Gasteiger partial charge in [0.05, 0.1) is 17.6 Å². The Morgan fingerprint density at radius 3 is 2.73 bits per heavy atom. The zero-order chi connectivity index (χ0) is 23.4. The lowest BCUT2D eigenvalue weighted by molar-refractivity contribution is -0.130. The SMILES string of the molecule is C=CCn1c(SCC(=O)N2CCN(Cc3c(F)cccc3Cl)CC2)nnc1-c1ccoc1C. The zero-order valence-corrected chi connectivity index (χ0v) is 19.9. The molecule has 0 spiro atoms. The predicted molar refractivity (Wildman–Crippen MR) is 127 cm³/mol. The molecule has 1 amide bonds. The molecular formula is C23H25ClFN5O2S. The molecule has 0 bridgehead atoms. The summed E-state index contributed by atoms with van der Waals surface area (Å²) >= 11 is 7.51. The topological polar surface area (TPSA) is 67.4 Å². The van der Waals surface area contributed by atoms with Crippen LogP contribution in [0, 0.1) is 12.7 Å². The van der Waals surface area contributed by atoms with Crippen molar-refractivity contribution < 1.29 is 13.6 Å². The number of rotatable bonds is 8. The lowest BCUT2D eigenvalue weighted by atomic mass is 10.2. The third-order valence-corrected chi connectivity index (χ3v) is 6.93. The Bertz CT molecular complexity index is 1120. The Labute approximate surface area is 201 Å². The molecule has 0 saturated carbocycles. The minimum atomic E-state index is -0.300. The number of halogens is 2. The lowest BCUT2D eigenvalue weighted by Gasteiger charge is -2.34. The van der Waals surface area contributed by atoms with Crippen LogP contribution < -0.4 is 0 Å². The van der Waals surface area contributed by atoms with E-state index in [-0.39, 0.29) is 17.5 Å². The van der Waals surface area contributed by atoms with Gasteiger partial charge in [0.1, 0.15) is 11.6 Å². The maximum Gasteiger partial charge on any atom is 0.233 e. The van der Waals surface area contributed by atoms with Gasteiger partial charge in [0.25, 0.3) is 0 Å². The molecule has 1 fully saturated rings. The first-order chi connectivity index (χ1) is 16.0. The minimum Gasteiger partial charge on any atom is -0.469 e. The van der Waals surface area contributed by atoms with Crippen LogP contribution in [0.25, 0.3) is 11.4 Å². The van der Waals surface area contributed by atoms with Crippen molar-refractivity contribution in [2.75, 3.05) is 31.9 Å². The van der Waals surface area contributed by atoms with Crippen LogP contribution >= 0.6 is 23.4 Å². The highest BCUT2D eigenvalue weighted by Gasteiger charge is 2.24. The van der Waals surface area contributed by atoms with Gasteiger partial charge in [-0.3, -0.25) is 14.3 Å². The second-order valence-electron chi connectivity index (χ2n) is 7.74. The standard InChI is InChI=1S/C23H25ClFN5O2S/c1-3-8-30-22(17-7-13-32-16(17)2)26-27-23(30)33-15-21(31)29-11-9-28(10-12-29)14-18-19(24)5-4-6-20(18)25/h3-7,13H,1,8-12,14-15H2,2H3. The molecule has 3 aromatic rings. The first kappa shape index (κ1) is 23.5. The van der Waals surface area contributed by atoms with E-state index in [9.17, 15) is 9.18 Å². The summed E-state index contributed by atoms with van der Waals surface area (Å²) in [5, 5.41) is 9.68. The van der Waals surface area contributed by atoms with E-state index in [0.29, 0.717) is 60.8 Å². The van der Waals surface area contributed by atoms with E-state index < -0.39 is 0 Å². The molecule has 4 rings (SSSR count). The zero-order valence-electron chi connectivity index (χ0n) is 18.3. The van der Waals surface area contributed by atoms with Gasteiger partial charge in [0.15, 0.2) is 11.0 Å². The van der Waals surface area contributed by atoms with Gasteiger partial charge in [-0.15, -0.1) is 16.8 Å². The van der Waals surface area contributed by atoms with Crippen molar-refractivity contribution in [2.45, 2.75) is 25.2 Å². The predicted octanol–water partition coefficient (Wildman–Crippen LogP) is 4.26. The highest BCUT2D eigenvalue weighted by Crippen LogP contribution is 2.27. The Morgan fingerprint density at radius 2 is 2.06 bits per heavy atom. The van der Waals surface area contributed by atoms with Crippen molar-refractivity contribution in [2.24, 2.45) is 0 Å². The fourth-order valence-corrected chi connectivity index (χ4v) is 4.86. The number of carbonyl (C=O) groups excluding carboxylic acids is 1. The number of carbonyl (C=O) groups is 1. The third kappa shape index (κ3) is 5.31. The number of nitrogens with zero attached hydrogens (tertiary/aromatic N) is 5. The molecule has 33 heavy (non-hydrogen) atoms. The van der Waals surface area contributed by atoms with E-state index in [1.165, 1.54) is 17.8 Å². The van der Waals surface area contributed by atoms with Gasteiger partial charge in [0.2, 0.25) is 5.91 Å². The van der Waals surface area contributed by atoms with E-state index in [2.05, 4.69) is 21.7 Å². The average Bonchev–Trinajstić information content (AvgIpc) is 3.41. The molecule has 7 nitrogen and oxygen atoms in total. The summed E-state index contributed by atoms with van der Waals surface area (Å²) in [5.41, 5.74) is 1.37. The molecule has 1 aliphatic heterocycles. The second kappa shape index (κ2) is 10.5. The largest absolute Gasteiger partial charge is 0.469 e. The number of furan rings is 1. The number of thioether (sulfide) groups is 1. The fourth-order valence-electron chi connectivity index (χ4n) is 3.79. The van der Waals surface area contributed by atoms with Crippen molar-refractivity contribution in [1.82, 2.24) is 24.6 Å². The Morgan fingerprint density at radius 1 is 1.27 bits per heavy atom. The molecule has 0 radical (unpaired) electrons. The molecule has 0 N–H and O–H groups in total. The van der Waals surface area contributed by atoms with E-state index in [1.807, 2.05) is 22.5 Å². The summed E-state index contributed by atoms with van der Waals surface area (Å²) in [7, 11) is 0. The van der Waals surface area contributed by atoms with Gasteiger partial charge >= 0.3 is 0 Å². The van der Waals surface area contributed by atoms with E-state index >= 15 is 0 Å². The number of amides is 1. The summed E-state index contributed by atoms with van der Waals surface area (Å²) in [5.74, 6) is 1.45. The summed E-state index contributed by atoms with van der Waals surface area (Å²) < 4.78 is 21.4. The fraction of sp³-hybridized carbons (Fsp3) is 0.348. The van der Waals surface area contributed by atoms with Crippen LogP contribution in [0.2, 0.25) is 5.02 Å². The molecule has 10 heteroatoms. The summed E-state index contributed by atoms with van der Waals surface area (Å²) in [6, 6.07) is 6.57. The molecule has 0 unspecified atom stereocenters. The van der Waals surface area contributed by atoms with Gasteiger partial charge in [-0.05, 0) is 25.1 Å². The van der Waals surface area contributed by atoms with E-state index in [1.54, 1.807) is 24.5 Å². The van der Waals surface area contributed by atoms with Crippen LogP contribution in [0.15, 0.2) is 52.8 Å². The highest BCUT2D eigenvalue weighted by molar-refractivity contribution is 7.99. The molecule has 1 saturated heterocycles.